The van der Waals surface area contributed by atoms with E-state index in [-0.39, 0.29) is 12.0 Å². The highest BCUT2D eigenvalue weighted by molar-refractivity contribution is 5.86. The zero-order valence-electron chi connectivity index (χ0n) is 10.2. The lowest BCUT2D eigenvalue weighted by Crippen LogP contribution is -2.48. The number of ether oxygens (including phenoxy) is 1. The van der Waals surface area contributed by atoms with Crippen molar-refractivity contribution in [3.8, 4) is 0 Å². The summed E-state index contributed by atoms with van der Waals surface area (Å²) in [7, 11) is 0. The fourth-order valence-corrected chi connectivity index (χ4v) is 1.88. The minimum atomic E-state index is -0.0169. The minimum Gasteiger partial charge on any atom is -0.380 e. The van der Waals surface area contributed by atoms with E-state index in [1.807, 2.05) is 13.8 Å². The highest BCUT2D eigenvalue weighted by atomic mass is 16.5. The summed E-state index contributed by atoms with van der Waals surface area (Å²) in [6.07, 6.45) is 1.02. The fourth-order valence-electron chi connectivity index (χ4n) is 1.88. The third kappa shape index (κ3) is 3.58. The Morgan fingerprint density at radius 3 is 2.40 bits per heavy atom. The average molecular weight is 213 g/mol. The molecule has 0 aromatic rings. The van der Waals surface area contributed by atoms with Crippen molar-refractivity contribution in [2.24, 2.45) is 11.8 Å². The van der Waals surface area contributed by atoms with Crippen molar-refractivity contribution in [2.45, 2.75) is 46.2 Å². The molecule has 2 atom stereocenters. The van der Waals surface area contributed by atoms with Gasteiger partial charge in [-0.05, 0) is 12.3 Å². The van der Waals surface area contributed by atoms with Crippen molar-refractivity contribution in [2.75, 3.05) is 13.2 Å². The van der Waals surface area contributed by atoms with Crippen molar-refractivity contribution in [1.82, 2.24) is 5.32 Å². The maximum Gasteiger partial charge on any atom is 0.152 e. The molecule has 0 aromatic heterocycles. The van der Waals surface area contributed by atoms with Crippen LogP contribution in [0.25, 0.3) is 0 Å². The van der Waals surface area contributed by atoms with E-state index in [2.05, 4.69) is 19.2 Å². The van der Waals surface area contributed by atoms with E-state index < -0.39 is 0 Å². The smallest absolute Gasteiger partial charge is 0.152 e. The summed E-state index contributed by atoms with van der Waals surface area (Å²) in [5, 5.41) is 3.42. The molecule has 1 aliphatic heterocycles. The summed E-state index contributed by atoms with van der Waals surface area (Å²) < 4.78 is 5.30. The van der Waals surface area contributed by atoms with Crippen LogP contribution < -0.4 is 5.32 Å². The lowest BCUT2D eigenvalue weighted by Gasteiger charge is -2.25. The van der Waals surface area contributed by atoms with Crippen molar-refractivity contribution in [3.05, 3.63) is 0 Å². The van der Waals surface area contributed by atoms with E-state index in [0.717, 1.165) is 19.6 Å². The quantitative estimate of drug-likeness (QED) is 0.754. The normalized spacial score (nSPS) is 23.7. The Labute approximate surface area is 92.6 Å². The Kier molecular flexibility index (Phi) is 4.74. The third-order valence-corrected chi connectivity index (χ3v) is 2.89. The van der Waals surface area contributed by atoms with Gasteiger partial charge >= 0.3 is 0 Å². The lowest BCUT2D eigenvalue weighted by molar-refractivity contribution is -0.125. The summed E-state index contributed by atoms with van der Waals surface area (Å²) in [4.78, 5) is 12.0. The molecule has 0 spiro atoms. The predicted molar refractivity (Wildman–Crippen MR) is 60.8 cm³/mol. The summed E-state index contributed by atoms with van der Waals surface area (Å²) in [5.74, 6) is 0.768. The first-order valence-corrected chi connectivity index (χ1v) is 5.90. The molecule has 0 saturated carbocycles. The van der Waals surface area contributed by atoms with Crippen LogP contribution in [0, 0.1) is 11.8 Å². The monoisotopic (exact) mass is 213 g/mol. The van der Waals surface area contributed by atoms with Gasteiger partial charge in [0.15, 0.2) is 5.78 Å². The molecule has 1 rings (SSSR count). The molecule has 0 aliphatic carbocycles. The van der Waals surface area contributed by atoms with Crippen LogP contribution in [0.15, 0.2) is 0 Å². The molecule has 88 valence electrons. The van der Waals surface area contributed by atoms with E-state index >= 15 is 0 Å². The molecule has 0 bridgehead atoms. The van der Waals surface area contributed by atoms with Gasteiger partial charge in [-0.25, -0.2) is 0 Å². The van der Waals surface area contributed by atoms with E-state index in [1.165, 1.54) is 0 Å². The second kappa shape index (κ2) is 5.61. The number of ketones is 1. The van der Waals surface area contributed by atoms with Gasteiger partial charge in [0.2, 0.25) is 0 Å². The molecule has 1 aliphatic rings. The van der Waals surface area contributed by atoms with Crippen LogP contribution in [-0.2, 0) is 9.53 Å². The summed E-state index contributed by atoms with van der Waals surface area (Å²) in [6, 6.07) is 0.344. The highest BCUT2D eigenvalue weighted by Crippen LogP contribution is 2.13. The topological polar surface area (TPSA) is 38.3 Å². The molecule has 1 heterocycles. The Morgan fingerprint density at radius 1 is 1.33 bits per heavy atom. The van der Waals surface area contributed by atoms with Gasteiger partial charge < -0.3 is 10.1 Å². The molecule has 2 unspecified atom stereocenters. The van der Waals surface area contributed by atoms with Gasteiger partial charge in [-0.2, -0.15) is 0 Å². The summed E-state index contributed by atoms with van der Waals surface area (Å²) in [6.45, 7) is 9.67. The number of carbonyl (C=O) groups is 1. The second-order valence-corrected chi connectivity index (χ2v) is 5.01. The Bertz CT molecular complexity index is 208. The first kappa shape index (κ1) is 12.7. The number of nitrogens with one attached hydrogen (secondary N) is 1. The van der Waals surface area contributed by atoms with Crippen LogP contribution in [0.3, 0.4) is 0 Å². The predicted octanol–water partition coefficient (Wildman–Crippen LogP) is 1.61. The number of hydrogen-bond acceptors (Lipinski definition) is 3. The van der Waals surface area contributed by atoms with E-state index in [1.54, 1.807) is 0 Å². The van der Waals surface area contributed by atoms with Gasteiger partial charge in [-0.1, -0.05) is 27.7 Å². The molecule has 1 fully saturated rings. The number of carbonyl (C=O) groups excluding carboxylic acids is 1. The van der Waals surface area contributed by atoms with Crippen LogP contribution >= 0.6 is 0 Å². The largest absolute Gasteiger partial charge is 0.380 e. The molecule has 3 heteroatoms. The van der Waals surface area contributed by atoms with E-state index in [4.69, 9.17) is 4.74 Å². The molecule has 0 amide bonds. The van der Waals surface area contributed by atoms with Gasteiger partial charge in [0.25, 0.3) is 0 Å². The first-order valence-electron chi connectivity index (χ1n) is 5.90. The standard InChI is InChI=1S/C12H23NO2/c1-8(2)11(12(14)9(3)4)13-10-5-6-15-7-10/h8-11,13H,5-7H2,1-4H3. The van der Waals surface area contributed by atoms with Crippen LogP contribution in [0.2, 0.25) is 0 Å². The zero-order chi connectivity index (χ0) is 11.4. The maximum absolute atomic E-state index is 12.0. The van der Waals surface area contributed by atoms with Crippen LogP contribution in [0.1, 0.15) is 34.1 Å². The fraction of sp³-hybridized carbons (Fsp3) is 0.917. The van der Waals surface area contributed by atoms with Crippen molar-refractivity contribution < 1.29 is 9.53 Å². The molecular weight excluding hydrogens is 190 g/mol. The van der Waals surface area contributed by atoms with Gasteiger partial charge in [-0.3, -0.25) is 4.79 Å². The van der Waals surface area contributed by atoms with Gasteiger partial charge in [0.05, 0.1) is 12.6 Å². The molecule has 1 N–H and O–H groups in total. The van der Waals surface area contributed by atoms with Crippen molar-refractivity contribution in [1.29, 1.82) is 0 Å². The van der Waals surface area contributed by atoms with Crippen molar-refractivity contribution in [3.63, 3.8) is 0 Å². The van der Waals surface area contributed by atoms with Crippen LogP contribution in [-0.4, -0.2) is 31.1 Å². The number of rotatable bonds is 5. The highest BCUT2D eigenvalue weighted by Gasteiger charge is 2.28. The Morgan fingerprint density at radius 2 is 2.00 bits per heavy atom. The van der Waals surface area contributed by atoms with Gasteiger partial charge in [0, 0.05) is 18.6 Å². The van der Waals surface area contributed by atoms with Crippen molar-refractivity contribution >= 4 is 5.78 Å². The van der Waals surface area contributed by atoms with Crippen LogP contribution in [0.4, 0.5) is 0 Å². The average Bonchev–Trinajstić information content (AvgIpc) is 2.64. The van der Waals surface area contributed by atoms with E-state index in [0.29, 0.717) is 17.7 Å². The molecule has 0 radical (unpaired) electrons. The summed E-state index contributed by atoms with van der Waals surface area (Å²) >= 11 is 0. The zero-order valence-corrected chi connectivity index (χ0v) is 10.2. The van der Waals surface area contributed by atoms with Crippen LogP contribution in [0.5, 0.6) is 0 Å². The SMILES string of the molecule is CC(C)C(=O)C(NC1CCOC1)C(C)C. The van der Waals surface area contributed by atoms with E-state index in [9.17, 15) is 4.79 Å². The first-order chi connectivity index (χ1) is 7.02. The van der Waals surface area contributed by atoms with Gasteiger partial charge in [-0.15, -0.1) is 0 Å². The Hall–Kier alpha value is -0.410. The maximum atomic E-state index is 12.0. The summed E-state index contributed by atoms with van der Waals surface area (Å²) in [5.41, 5.74) is 0. The van der Waals surface area contributed by atoms with Gasteiger partial charge in [0.1, 0.15) is 0 Å². The second-order valence-electron chi connectivity index (χ2n) is 5.01. The molecule has 15 heavy (non-hydrogen) atoms. The molecular formula is C12H23NO2. The number of Topliss-reactive ketones (excluding diaryl/α,β-unsaturated/α-hetero) is 1. The molecule has 3 nitrogen and oxygen atoms in total. The third-order valence-electron chi connectivity index (χ3n) is 2.89. The molecule has 1 saturated heterocycles. The minimum absolute atomic E-state index is 0.0169. The molecule has 0 aromatic carbocycles. The lowest BCUT2D eigenvalue weighted by atomic mass is 9.92. The Balaban J connectivity index is 2.53. The number of hydrogen-bond donors (Lipinski definition) is 1.